The van der Waals surface area contributed by atoms with Crippen LogP contribution >= 0.6 is 0 Å². The summed E-state index contributed by atoms with van der Waals surface area (Å²) >= 11 is 0. The van der Waals surface area contributed by atoms with Crippen molar-refractivity contribution in [1.29, 1.82) is 0 Å². The second-order valence-electron chi connectivity index (χ2n) is 5.74. The van der Waals surface area contributed by atoms with Crippen molar-refractivity contribution in [2.24, 2.45) is 0 Å². The number of hydrogen-bond acceptors (Lipinski definition) is 3. The Balaban J connectivity index is 1.88. The Labute approximate surface area is 133 Å². The van der Waals surface area contributed by atoms with Gasteiger partial charge in [-0.3, -0.25) is 9.59 Å². The van der Waals surface area contributed by atoms with Crippen molar-refractivity contribution < 1.29 is 14.0 Å². The number of hydrogen-bond donors (Lipinski definition) is 1. The maximum absolute atomic E-state index is 13.7. The minimum absolute atomic E-state index is 0.0144. The van der Waals surface area contributed by atoms with Crippen molar-refractivity contribution in [2.45, 2.75) is 26.3 Å². The Kier molecular flexibility index (Phi) is 3.86. The molecule has 0 saturated carbocycles. The molecule has 2 aromatic carbocycles. The zero-order valence-electron chi connectivity index (χ0n) is 13.0. The van der Waals surface area contributed by atoms with Crippen molar-refractivity contribution in [3.8, 4) is 0 Å². The molecule has 0 unspecified atom stereocenters. The van der Waals surface area contributed by atoms with Gasteiger partial charge in [0.25, 0.3) is 5.91 Å². The van der Waals surface area contributed by atoms with Crippen LogP contribution in [0.15, 0.2) is 42.5 Å². The molecule has 118 valence electrons. The molecule has 23 heavy (non-hydrogen) atoms. The fourth-order valence-corrected chi connectivity index (χ4v) is 2.72. The molecule has 1 aliphatic heterocycles. The smallest absolute Gasteiger partial charge is 0.256 e. The fraction of sp³-hybridized carbons (Fsp3) is 0.222. The van der Waals surface area contributed by atoms with Gasteiger partial charge in [-0.15, -0.1) is 0 Å². The van der Waals surface area contributed by atoms with E-state index < -0.39 is 11.9 Å². The largest absolute Gasteiger partial charge is 0.371 e. The molecule has 0 aliphatic carbocycles. The van der Waals surface area contributed by atoms with Crippen molar-refractivity contribution in [1.82, 2.24) is 0 Å². The Hall–Kier alpha value is -2.69. The molecule has 0 aromatic heterocycles. The highest BCUT2D eigenvalue weighted by atomic mass is 19.1. The van der Waals surface area contributed by atoms with E-state index in [1.807, 2.05) is 32.0 Å². The van der Waals surface area contributed by atoms with Crippen LogP contribution < -0.4 is 10.2 Å². The van der Waals surface area contributed by atoms with Crippen molar-refractivity contribution in [3.63, 3.8) is 0 Å². The van der Waals surface area contributed by atoms with Gasteiger partial charge in [0.05, 0.1) is 17.8 Å². The van der Waals surface area contributed by atoms with Crippen molar-refractivity contribution in [2.75, 3.05) is 10.2 Å². The van der Waals surface area contributed by atoms with Gasteiger partial charge in [0.1, 0.15) is 11.9 Å². The SMILES string of the molecule is Cc1ccc(C)c(N2C(=O)C[C@H](Nc3ccccc3F)C2=O)c1. The summed E-state index contributed by atoms with van der Waals surface area (Å²) in [7, 11) is 0. The lowest BCUT2D eigenvalue weighted by Crippen LogP contribution is -2.35. The number of nitrogens with one attached hydrogen (secondary N) is 1. The number of imide groups is 1. The second-order valence-corrected chi connectivity index (χ2v) is 5.74. The van der Waals surface area contributed by atoms with E-state index in [4.69, 9.17) is 0 Å². The van der Waals surface area contributed by atoms with Crippen LogP contribution in [0.25, 0.3) is 0 Å². The molecule has 0 bridgehead atoms. The number of aryl methyl sites for hydroxylation is 2. The monoisotopic (exact) mass is 312 g/mol. The van der Waals surface area contributed by atoms with Gasteiger partial charge in [0.15, 0.2) is 0 Å². The molecule has 0 spiro atoms. The lowest BCUT2D eigenvalue weighted by atomic mass is 10.1. The number of carbonyl (C=O) groups is 2. The second kappa shape index (κ2) is 5.83. The third-order valence-corrected chi connectivity index (χ3v) is 3.96. The average Bonchev–Trinajstić information content (AvgIpc) is 2.79. The van der Waals surface area contributed by atoms with Gasteiger partial charge in [-0.25, -0.2) is 9.29 Å². The van der Waals surface area contributed by atoms with Gasteiger partial charge >= 0.3 is 0 Å². The third-order valence-electron chi connectivity index (χ3n) is 3.96. The Morgan fingerprint density at radius 2 is 1.87 bits per heavy atom. The first kappa shape index (κ1) is 15.2. The summed E-state index contributed by atoms with van der Waals surface area (Å²) in [6, 6.07) is 11.0. The van der Waals surface area contributed by atoms with Crippen molar-refractivity contribution >= 4 is 23.2 Å². The molecule has 1 atom stereocenters. The number of amides is 2. The van der Waals surface area contributed by atoms with E-state index in [9.17, 15) is 14.0 Å². The van der Waals surface area contributed by atoms with E-state index in [0.717, 1.165) is 11.1 Å². The van der Waals surface area contributed by atoms with Gasteiger partial charge in [-0.1, -0.05) is 24.3 Å². The molecule has 1 N–H and O–H groups in total. The Morgan fingerprint density at radius 1 is 1.13 bits per heavy atom. The number of rotatable bonds is 3. The molecule has 4 nitrogen and oxygen atoms in total. The molecule has 1 aliphatic rings. The maximum Gasteiger partial charge on any atom is 0.256 e. The minimum atomic E-state index is -0.751. The minimum Gasteiger partial charge on any atom is -0.371 e. The molecule has 5 heteroatoms. The number of benzene rings is 2. The van der Waals surface area contributed by atoms with Crippen molar-refractivity contribution in [3.05, 3.63) is 59.4 Å². The van der Waals surface area contributed by atoms with E-state index >= 15 is 0 Å². The summed E-state index contributed by atoms with van der Waals surface area (Å²) < 4.78 is 13.7. The zero-order chi connectivity index (χ0) is 16.6. The lowest BCUT2D eigenvalue weighted by molar-refractivity contribution is -0.121. The van der Waals surface area contributed by atoms with Gasteiger partial charge in [-0.05, 0) is 43.2 Å². The molecule has 0 radical (unpaired) electrons. The number of nitrogens with zero attached hydrogens (tertiary/aromatic N) is 1. The summed E-state index contributed by atoms with van der Waals surface area (Å²) in [5, 5.41) is 2.84. The van der Waals surface area contributed by atoms with Crippen LogP contribution in [-0.2, 0) is 9.59 Å². The summed E-state index contributed by atoms with van der Waals surface area (Å²) in [5.41, 5.74) is 2.64. The number of anilines is 2. The third kappa shape index (κ3) is 2.82. The quantitative estimate of drug-likeness (QED) is 0.886. The molecular formula is C18H17FN2O2. The van der Waals surface area contributed by atoms with E-state index in [1.54, 1.807) is 18.2 Å². The zero-order valence-corrected chi connectivity index (χ0v) is 13.0. The van der Waals surface area contributed by atoms with Gasteiger partial charge in [0, 0.05) is 0 Å². The van der Waals surface area contributed by atoms with Gasteiger partial charge in [-0.2, -0.15) is 0 Å². The first-order valence-corrected chi connectivity index (χ1v) is 7.42. The number of carbonyl (C=O) groups excluding carboxylic acids is 2. The number of para-hydroxylation sites is 1. The normalized spacial score (nSPS) is 17.7. The molecule has 1 fully saturated rings. The highest BCUT2D eigenvalue weighted by Crippen LogP contribution is 2.29. The van der Waals surface area contributed by atoms with Crippen LogP contribution in [0.1, 0.15) is 17.5 Å². The van der Waals surface area contributed by atoms with Gasteiger partial charge < -0.3 is 5.32 Å². The summed E-state index contributed by atoms with van der Waals surface area (Å²) in [4.78, 5) is 26.1. The Bertz CT molecular complexity index is 788. The summed E-state index contributed by atoms with van der Waals surface area (Å²) in [6.07, 6.45) is 0.0144. The number of halogens is 1. The topological polar surface area (TPSA) is 49.4 Å². The van der Waals surface area contributed by atoms with E-state index in [0.29, 0.717) is 5.69 Å². The van der Waals surface area contributed by atoms with Crippen LogP contribution in [0, 0.1) is 19.7 Å². The van der Waals surface area contributed by atoms with Crippen LogP contribution in [0.2, 0.25) is 0 Å². The first-order valence-electron chi connectivity index (χ1n) is 7.42. The first-order chi connectivity index (χ1) is 11.0. The molecule has 2 aromatic rings. The van der Waals surface area contributed by atoms with Crippen LogP contribution in [0.4, 0.5) is 15.8 Å². The lowest BCUT2D eigenvalue weighted by Gasteiger charge is -2.18. The highest BCUT2D eigenvalue weighted by Gasteiger charge is 2.40. The molecule has 1 saturated heterocycles. The summed E-state index contributed by atoms with van der Waals surface area (Å²) in [5.74, 6) is -1.08. The van der Waals surface area contributed by atoms with Gasteiger partial charge in [0.2, 0.25) is 5.91 Å². The molecular weight excluding hydrogens is 295 g/mol. The van der Waals surface area contributed by atoms with Crippen LogP contribution in [-0.4, -0.2) is 17.9 Å². The predicted octanol–water partition coefficient (Wildman–Crippen LogP) is 3.19. The maximum atomic E-state index is 13.7. The average molecular weight is 312 g/mol. The van der Waals surface area contributed by atoms with E-state index in [-0.39, 0.29) is 23.9 Å². The van der Waals surface area contributed by atoms with E-state index in [2.05, 4.69) is 5.32 Å². The fourth-order valence-electron chi connectivity index (χ4n) is 2.72. The molecule has 2 amide bonds. The highest BCUT2D eigenvalue weighted by molar-refractivity contribution is 6.23. The van der Waals surface area contributed by atoms with E-state index in [1.165, 1.54) is 11.0 Å². The standard InChI is InChI=1S/C18H17FN2O2/c1-11-7-8-12(2)16(9-11)21-17(22)10-15(18(21)23)20-14-6-4-3-5-13(14)19/h3-9,15,20H,10H2,1-2H3/t15-/m0/s1. The molecule has 3 rings (SSSR count). The summed E-state index contributed by atoms with van der Waals surface area (Å²) in [6.45, 7) is 3.76. The predicted molar refractivity (Wildman–Crippen MR) is 86.8 cm³/mol. The van der Waals surface area contributed by atoms with Crippen LogP contribution in [0.3, 0.4) is 0 Å². The Morgan fingerprint density at radius 3 is 2.61 bits per heavy atom. The molecule has 1 heterocycles. The van der Waals surface area contributed by atoms with Crippen LogP contribution in [0.5, 0.6) is 0 Å².